The number of piperazine rings is 1. The minimum absolute atomic E-state index is 0.228. The van der Waals surface area contributed by atoms with Crippen molar-refractivity contribution >= 4 is 11.6 Å². The van der Waals surface area contributed by atoms with Crippen LogP contribution in [0.15, 0.2) is 24.3 Å². The van der Waals surface area contributed by atoms with E-state index in [1.165, 1.54) is 25.0 Å². The second kappa shape index (κ2) is 8.54. The lowest BCUT2D eigenvalue weighted by Gasteiger charge is -2.44. The minimum atomic E-state index is -4.31. The van der Waals surface area contributed by atoms with E-state index in [2.05, 4.69) is 9.80 Å². The highest BCUT2D eigenvalue weighted by atomic mass is 19.4. The fourth-order valence-electron chi connectivity index (χ4n) is 5.11. The molecule has 1 aromatic carbocycles. The number of halogens is 3. The van der Waals surface area contributed by atoms with Crippen LogP contribution in [0.3, 0.4) is 0 Å². The van der Waals surface area contributed by atoms with Crippen LogP contribution < -0.4 is 4.90 Å². The summed E-state index contributed by atoms with van der Waals surface area (Å²) in [5.74, 6) is 0.571. The highest BCUT2D eigenvalue weighted by molar-refractivity contribution is 5.79. The molecule has 3 aliphatic rings. The number of likely N-dealkylation sites (tertiary alicyclic amines) is 1. The molecule has 0 N–H and O–H groups in total. The Morgan fingerprint density at radius 1 is 0.931 bits per heavy atom. The molecule has 1 amide bonds. The van der Waals surface area contributed by atoms with Crippen molar-refractivity contribution in [2.75, 3.05) is 44.2 Å². The van der Waals surface area contributed by atoms with Crippen molar-refractivity contribution in [3.05, 3.63) is 29.8 Å². The Kier molecular flexibility index (Phi) is 6.04. The first kappa shape index (κ1) is 20.5. The zero-order valence-electron chi connectivity index (χ0n) is 16.8. The lowest BCUT2D eigenvalue weighted by atomic mass is 9.99. The van der Waals surface area contributed by atoms with Gasteiger partial charge in [-0.05, 0) is 43.9 Å². The summed E-state index contributed by atoms with van der Waals surface area (Å²) in [5.41, 5.74) is 0.0481. The fraction of sp³-hybridized carbons (Fsp3) is 0.682. The molecule has 0 bridgehead atoms. The predicted octanol–water partition coefficient (Wildman–Crippen LogP) is 4.01. The lowest BCUT2D eigenvalue weighted by molar-refractivity contribution is -0.138. The second-order valence-corrected chi connectivity index (χ2v) is 8.63. The van der Waals surface area contributed by atoms with Crippen molar-refractivity contribution in [1.82, 2.24) is 9.80 Å². The van der Waals surface area contributed by atoms with E-state index in [0.29, 0.717) is 30.7 Å². The van der Waals surface area contributed by atoms with E-state index in [1.807, 2.05) is 4.90 Å². The molecule has 0 radical (unpaired) electrons. The maximum Gasteiger partial charge on any atom is 0.416 e. The summed E-state index contributed by atoms with van der Waals surface area (Å²) in [6.45, 7) is 4.76. The van der Waals surface area contributed by atoms with E-state index >= 15 is 0 Å². The third kappa shape index (κ3) is 4.71. The van der Waals surface area contributed by atoms with Crippen LogP contribution in [0.4, 0.5) is 18.9 Å². The summed E-state index contributed by atoms with van der Waals surface area (Å²) >= 11 is 0. The number of carbonyl (C=O) groups excluding carboxylic acids is 1. The molecule has 4 nitrogen and oxygen atoms in total. The van der Waals surface area contributed by atoms with Crippen molar-refractivity contribution in [2.24, 2.45) is 5.92 Å². The van der Waals surface area contributed by atoms with E-state index in [-0.39, 0.29) is 5.92 Å². The molecule has 0 aromatic heterocycles. The van der Waals surface area contributed by atoms with Gasteiger partial charge in [-0.3, -0.25) is 9.69 Å². The number of hydrogen-bond acceptors (Lipinski definition) is 3. The standard InChI is InChI=1S/C22H30F3N3O/c23-22(24,25)18-7-3-8-19(15-18)26-11-13-27(14-12-26)20-9-4-10-28(16-20)21(29)17-5-1-2-6-17/h3,7-8,15,17,20H,1-2,4-6,9-14,16H2. The molecule has 29 heavy (non-hydrogen) atoms. The molecule has 7 heteroatoms. The van der Waals surface area contributed by atoms with Gasteiger partial charge in [0.15, 0.2) is 0 Å². The molecule has 1 aliphatic carbocycles. The van der Waals surface area contributed by atoms with Gasteiger partial charge in [0.25, 0.3) is 0 Å². The van der Waals surface area contributed by atoms with Crippen LogP contribution in [0.2, 0.25) is 0 Å². The monoisotopic (exact) mass is 409 g/mol. The van der Waals surface area contributed by atoms with Crippen LogP contribution in [0.5, 0.6) is 0 Å². The predicted molar refractivity (Wildman–Crippen MR) is 107 cm³/mol. The SMILES string of the molecule is O=C(C1CCCC1)N1CCCC(N2CCN(c3cccc(C(F)(F)F)c3)CC2)C1. The molecular weight excluding hydrogens is 379 g/mol. The molecule has 2 aliphatic heterocycles. The van der Waals surface area contributed by atoms with Gasteiger partial charge in [-0.1, -0.05) is 18.9 Å². The van der Waals surface area contributed by atoms with E-state index < -0.39 is 11.7 Å². The van der Waals surface area contributed by atoms with Gasteiger partial charge in [0.2, 0.25) is 5.91 Å². The van der Waals surface area contributed by atoms with Gasteiger partial charge in [-0.15, -0.1) is 0 Å². The van der Waals surface area contributed by atoms with Crippen molar-refractivity contribution in [3.8, 4) is 0 Å². The highest BCUT2D eigenvalue weighted by Crippen LogP contribution is 2.32. The number of alkyl halides is 3. The number of nitrogens with zero attached hydrogens (tertiary/aromatic N) is 3. The van der Waals surface area contributed by atoms with E-state index in [4.69, 9.17) is 0 Å². The number of hydrogen-bond donors (Lipinski definition) is 0. The third-order valence-corrected chi connectivity index (χ3v) is 6.78. The first-order valence-electron chi connectivity index (χ1n) is 10.9. The third-order valence-electron chi connectivity index (χ3n) is 6.78. The number of rotatable bonds is 3. The Morgan fingerprint density at radius 2 is 1.66 bits per heavy atom. The fourth-order valence-corrected chi connectivity index (χ4v) is 5.11. The van der Waals surface area contributed by atoms with Crippen molar-refractivity contribution in [2.45, 2.75) is 50.7 Å². The molecular formula is C22H30F3N3O. The normalized spacial score (nSPS) is 24.9. The van der Waals surface area contributed by atoms with Crippen LogP contribution in [0.25, 0.3) is 0 Å². The quantitative estimate of drug-likeness (QED) is 0.755. The molecule has 2 heterocycles. The molecule has 1 unspecified atom stereocenters. The molecule has 0 spiro atoms. The summed E-state index contributed by atoms with van der Waals surface area (Å²) in [7, 11) is 0. The summed E-state index contributed by atoms with van der Waals surface area (Å²) in [6, 6.07) is 5.99. The topological polar surface area (TPSA) is 26.8 Å². The largest absolute Gasteiger partial charge is 0.416 e. The van der Waals surface area contributed by atoms with Crippen LogP contribution in [-0.2, 0) is 11.0 Å². The number of carbonyl (C=O) groups is 1. The molecule has 1 aromatic rings. The van der Waals surface area contributed by atoms with Gasteiger partial charge in [-0.25, -0.2) is 0 Å². The van der Waals surface area contributed by atoms with Crippen LogP contribution in [0.1, 0.15) is 44.1 Å². The Labute approximate surface area is 170 Å². The number of anilines is 1. The van der Waals surface area contributed by atoms with Gasteiger partial charge in [-0.2, -0.15) is 13.2 Å². The van der Waals surface area contributed by atoms with Crippen LogP contribution in [-0.4, -0.2) is 61.0 Å². The summed E-state index contributed by atoms with van der Waals surface area (Å²) < 4.78 is 39.0. The molecule has 4 rings (SSSR count). The second-order valence-electron chi connectivity index (χ2n) is 8.63. The molecule has 2 saturated heterocycles. The maximum absolute atomic E-state index is 13.0. The zero-order valence-corrected chi connectivity index (χ0v) is 16.8. The van der Waals surface area contributed by atoms with Crippen LogP contribution in [0, 0.1) is 5.92 Å². The first-order valence-corrected chi connectivity index (χ1v) is 10.9. The Bertz CT molecular complexity index is 709. The van der Waals surface area contributed by atoms with Crippen molar-refractivity contribution in [1.29, 1.82) is 0 Å². The highest BCUT2D eigenvalue weighted by Gasteiger charge is 2.34. The minimum Gasteiger partial charge on any atom is -0.369 e. The van der Waals surface area contributed by atoms with E-state index in [0.717, 1.165) is 57.9 Å². The van der Waals surface area contributed by atoms with Crippen molar-refractivity contribution in [3.63, 3.8) is 0 Å². The average Bonchev–Trinajstić information content (AvgIpc) is 3.28. The Hall–Kier alpha value is -1.76. The molecule has 1 atom stereocenters. The molecule has 160 valence electrons. The summed E-state index contributed by atoms with van der Waals surface area (Å²) in [5, 5.41) is 0. The van der Waals surface area contributed by atoms with Crippen LogP contribution >= 0.6 is 0 Å². The first-order chi connectivity index (χ1) is 13.9. The van der Waals surface area contributed by atoms with E-state index in [9.17, 15) is 18.0 Å². The van der Waals surface area contributed by atoms with Gasteiger partial charge in [0.1, 0.15) is 0 Å². The summed E-state index contributed by atoms with van der Waals surface area (Å²) in [6.07, 6.45) is 2.24. The number of piperidine rings is 1. The van der Waals surface area contributed by atoms with E-state index in [1.54, 1.807) is 6.07 Å². The summed E-state index contributed by atoms with van der Waals surface area (Å²) in [4.78, 5) is 19.3. The van der Waals surface area contributed by atoms with Gasteiger partial charge in [0, 0.05) is 56.9 Å². The average molecular weight is 409 g/mol. The Balaban J connectivity index is 1.33. The molecule has 1 saturated carbocycles. The Morgan fingerprint density at radius 3 is 2.34 bits per heavy atom. The molecule has 3 fully saturated rings. The number of amides is 1. The van der Waals surface area contributed by atoms with Gasteiger partial charge >= 0.3 is 6.18 Å². The van der Waals surface area contributed by atoms with Gasteiger partial charge < -0.3 is 9.80 Å². The number of benzene rings is 1. The maximum atomic E-state index is 13.0. The zero-order chi connectivity index (χ0) is 20.4. The van der Waals surface area contributed by atoms with Gasteiger partial charge in [0.05, 0.1) is 5.56 Å². The smallest absolute Gasteiger partial charge is 0.369 e. The van der Waals surface area contributed by atoms with Crippen molar-refractivity contribution < 1.29 is 18.0 Å². The lowest BCUT2D eigenvalue weighted by Crippen LogP contribution is -2.56.